The van der Waals surface area contributed by atoms with E-state index in [1.807, 2.05) is 18.2 Å². The summed E-state index contributed by atoms with van der Waals surface area (Å²) in [5.41, 5.74) is 0.597. The van der Waals surface area contributed by atoms with Gasteiger partial charge < -0.3 is 10.1 Å². The van der Waals surface area contributed by atoms with Gasteiger partial charge in [0.25, 0.3) is 5.91 Å². The minimum absolute atomic E-state index is 0.166. The van der Waals surface area contributed by atoms with E-state index in [0.717, 1.165) is 19.3 Å². The minimum atomic E-state index is -0.252. The van der Waals surface area contributed by atoms with Gasteiger partial charge in [-0.15, -0.1) is 0 Å². The summed E-state index contributed by atoms with van der Waals surface area (Å²) in [7, 11) is 0. The van der Waals surface area contributed by atoms with Gasteiger partial charge in [-0.25, -0.2) is 0 Å². The molecule has 0 heterocycles. The molecular weight excluding hydrogens is 266 g/mol. The third-order valence-corrected chi connectivity index (χ3v) is 3.51. The molecule has 0 radical (unpaired) electrons. The highest BCUT2D eigenvalue weighted by Gasteiger charge is 2.13. The first-order valence-corrected chi connectivity index (χ1v) is 7.39. The molecule has 1 unspecified atom stereocenters. The number of carbonyl (C=O) groups is 2. The van der Waals surface area contributed by atoms with Crippen molar-refractivity contribution in [2.45, 2.75) is 25.7 Å². The van der Waals surface area contributed by atoms with E-state index in [-0.39, 0.29) is 18.3 Å². The Morgan fingerprint density at radius 2 is 2.00 bits per heavy atom. The lowest BCUT2D eigenvalue weighted by molar-refractivity contribution is -0.144. The van der Waals surface area contributed by atoms with Gasteiger partial charge in [0.15, 0.2) is 0 Å². The number of rotatable bonds is 6. The summed E-state index contributed by atoms with van der Waals surface area (Å²) < 4.78 is 5.24. The van der Waals surface area contributed by atoms with Crippen LogP contribution in [0, 0.1) is 5.92 Å². The molecule has 0 fully saturated rings. The molecule has 21 heavy (non-hydrogen) atoms. The Labute approximate surface area is 125 Å². The highest BCUT2D eigenvalue weighted by Crippen LogP contribution is 2.18. The summed E-state index contributed by atoms with van der Waals surface area (Å²) in [4.78, 5) is 23.4. The van der Waals surface area contributed by atoms with E-state index in [1.54, 1.807) is 12.1 Å². The van der Waals surface area contributed by atoms with E-state index in [0.29, 0.717) is 24.6 Å². The molecule has 1 N–H and O–H groups in total. The number of ether oxygens (including phenoxy) is 1. The van der Waals surface area contributed by atoms with Crippen LogP contribution in [-0.4, -0.2) is 25.0 Å². The van der Waals surface area contributed by atoms with E-state index in [9.17, 15) is 9.59 Å². The summed E-state index contributed by atoms with van der Waals surface area (Å²) in [5.74, 6) is 0.0246. The molecule has 0 bridgehead atoms. The van der Waals surface area contributed by atoms with Crippen LogP contribution in [0.15, 0.2) is 42.5 Å². The Kier molecular flexibility index (Phi) is 6.00. The predicted octanol–water partition coefficient (Wildman–Crippen LogP) is 2.71. The molecule has 0 spiro atoms. The minimum Gasteiger partial charge on any atom is -0.465 e. The molecule has 0 saturated carbocycles. The van der Waals surface area contributed by atoms with Crippen molar-refractivity contribution in [3.63, 3.8) is 0 Å². The molecule has 1 aromatic carbocycles. The Morgan fingerprint density at radius 1 is 1.19 bits per heavy atom. The van der Waals surface area contributed by atoms with Gasteiger partial charge in [-0.1, -0.05) is 30.4 Å². The summed E-state index contributed by atoms with van der Waals surface area (Å²) in [6, 6.07) is 8.95. The second-order valence-corrected chi connectivity index (χ2v) is 5.21. The van der Waals surface area contributed by atoms with E-state index in [4.69, 9.17) is 4.74 Å². The quantitative estimate of drug-likeness (QED) is 0.646. The van der Waals surface area contributed by atoms with Crippen LogP contribution in [0.1, 0.15) is 36.0 Å². The average Bonchev–Trinajstić information content (AvgIpc) is 2.54. The number of carbonyl (C=O) groups excluding carboxylic acids is 2. The fourth-order valence-electron chi connectivity index (χ4n) is 2.26. The van der Waals surface area contributed by atoms with Gasteiger partial charge in [-0.05, 0) is 37.3 Å². The lowest BCUT2D eigenvalue weighted by Crippen LogP contribution is -2.27. The topological polar surface area (TPSA) is 55.4 Å². The fourth-order valence-corrected chi connectivity index (χ4v) is 2.26. The molecule has 0 aliphatic heterocycles. The molecular formula is C17H21NO3. The molecule has 1 aromatic rings. The van der Waals surface area contributed by atoms with Crippen molar-refractivity contribution in [1.29, 1.82) is 0 Å². The van der Waals surface area contributed by atoms with Gasteiger partial charge in [-0.3, -0.25) is 9.59 Å². The monoisotopic (exact) mass is 287 g/mol. The number of hydrogen-bond donors (Lipinski definition) is 1. The van der Waals surface area contributed by atoms with Crippen LogP contribution in [0.5, 0.6) is 0 Å². The molecule has 0 aromatic heterocycles. The van der Waals surface area contributed by atoms with Gasteiger partial charge in [0.05, 0.1) is 13.0 Å². The zero-order chi connectivity index (χ0) is 14.9. The summed E-state index contributed by atoms with van der Waals surface area (Å²) in [6.07, 6.45) is 7.64. The molecule has 0 saturated heterocycles. The van der Waals surface area contributed by atoms with Crippen molar-refractivity contribution in [3.05, 3.63) is 48.0 Å². The van der Waals surface area contributed by atoms with Crippen molar-refractivity contribution in [1.82, 2.24) is 5.32 Å². The Morgan fingerprint density at radius 3 is 2.71 bits per heavy atom. The molecule has 112 valence electrons. The standard InChI is InChI=1S/C17H21NO3/c19-16(21-13-14-7-3-1-4-8-14)11-12-18-17(20)15-9-5-2-6-10-15/h1-3,5-6,9-10,14H,4,7-8,11-13H2,(H,18,20). The van der Waals surface area contributed by atoms with Gasteiger partial charge in [0, 0.05) is 12.1 Å². The first kappa shape index (κ1) is 15.3. The van der Waals surface area contributed by atoms with Crippen LogP contribution in [0.2, 0.25) is 0 Å². The van der Waals surface area contributed by atoms with E-state index >= 15 is 0 Å². The van der Waals surface area contributed by atoms with Crippen molar-refractivity contribution in [2.75, 3.05) is 13.2 Å². The first-order valence-electron chi connectivity index (χ1n) is 7.39. The van der Waals surface area contributed by atoms with Gasteiger partial charge in [0.2, 0.25) is 0 Å². The maximum atomic E-state index is 11.8. The average molecular weight is 287 g/mol. The zero-order valence-electron chi connectivity index (χ0n) is 12.1. The molecule has 4 nitrogen and oxygen atoms in total. The largest absolute Gasteiger partial charge is 0.465 e. The Bertz CT molecular complexity index is 496. The predicted molar refractivity (Wildman–Crippen MR) is 80.8 cm³/mol. The second kappa shape index (κ2) is 8.25. The third-order valence-electron chi connectivity index (χ3n) is 3.51. The number of amides is 1. The third kappa shape index (κ3) is 5.42. The van der Waals surface area contributed by atoms with Crippen LogP contribution < -0.4 is 5.32 Å². The van der Waals surface area contributed by atoms with Crippen molar-refractivity contribution < 1.29 is 14.3 Å². The highest BCUT2D eigenvalue weighted by molar-refractivity contribution is 5.94. The van der Waals surface area contributed by atoms with Gasteiger partial charge in [-0.2, -0.15) is 0 Å². The van der Waals surface area contributed by atoms with Crippen LogP contribution in [0.4, 0.5) is 0 Å². The lowest BCUT2D eigenvalue weighted by atomic mass is 9.95. The Hall–Kier alpha value is -2.10. The molecule has 2 rings (SSSR count). The number of benzene rings is 1. The number of nitrogens with one attached hydrogen (secondary N) is 1. The maximum absolute atomic E-state index is 11.8. The zero-order valence-corrected chi connectivity index (χ0v) is 12.1. The van der Waals surface area contributed by atoms with Crippen molar-refractivity contribution >= 4 is 11.9 Å². The van der Waals surface area contributed by atoms with Crippen LogP contribution in [0.3, 0.4) is 0 Å². The van der Waals surface area contributed by atoms with Gasteiger partial charge in [0.1, 0.15) is 0 Å². The van der Waals surface area contributed by atoms with E-state index in [2.05, 4.69) is 17.5 Å². The molecule has 1 aliphatic carbocycles. The van der Waals surface area contributed by atoms with Crippen molar-refractivity contribution in [3.8, 4) is 0 Å². The maximum Gasteiger partial charge on any atom is 0.307 e. The lowest BCUT2D eigenvalue weighted by Gasteiger charge is -2.17. The smallest absolute Gasteiger partial charge is 0.307 e. The second-order valence-electron chi connectivity index (χ2n) is 5.21. The number of allylic oxidation sites excluding steroid dienone is 2. The summed E-state index contributed by atoms with van der Waals surface area (Å²) in [6.45, 7) is 0.785. The highest BCUT2D eigenvalue weighted by atomic mass is 16.5. The molecule has 1 amide bonds. The molecule has 1 atom stereocenters. The Balaban J connectivity index is 1.61. The van der Waals surface area contributed by atoms with E-state index < -0.39 is 0 Å². The molecule has 1 aliphatic rings. The fraction of sp³-hybridized carbons (Fsp3) is 0.412. The van der Waals surface area contributed by atoms with Crippen LogP contribution in [-0.2, 0) is 9.53 Å². The van der Waals surface area contributed by atoms with E-state index in [1.165, 1.54) is 0 Å². The van der Waals surface area contributed by atoms with Gasteiger partial charge >= 0.3 is 5.97 Å². The SMILES string of the molecule is O=C(CCNC(=O)c1ccccc1)OCC1CC=CCC1. The molecule has 4 heteroatoms. The van der Waals surface area contributed by atoms with Crippen molar-refractivity contribution in [2.24, 2.45) is 5.92 Å². The summed E-state index contributed by atoms with van der Waals surface area (Å²) in [5, 5.41) is 2.72. The normalized spacial score (nSPS) is 17.2. The van der Waals surface area contributed by atoms with Crippen LogP contribution in [0.25, 0.3) is 0 Å². The number of hydrogen-bond acceptors (Lipinski definition) is 3. The number of esters is 1. The first-order chi connectivity index (χ1) is 10.3. The summed E-state index contributed by atoms with van der Waals surface area (Å²) >= 11 is 0. The van der Waals surface area contributed by atoms with Crippen LogP contribution >= 0.6 is 0 Å².